The number of aliphatic hydroxyl groups excluding tert-OH is 1. The molecule has 0 saturated carbocycles. The number of nitrogens with one attached hydrogen (secondary N) is 3. The molecule has 384 valence electrons. The molecule has 0 aliphatic carbocycles. The molecule has 14 nitrogen and oxygen atoms in total. The quantitative estimate of drug-likeness (QED) is 0.0741. The molecule has 1 fully saturated rings. The molecule has 6 aromatic rings. The maximum Gasteiger partial charge on any atom is 0.246 e. The summed E-state index contributed by atoms with van der Waals surface area (Å²) in [7, 11) is 0. The first-order chi connectivity index (χ1) is 34.6. The van der Waals surface area contributed by atoms with Crippen LogP contribution in [0.15, 0.2) is 83.2 Å². The third-order valence-electron chi connectivity index (χ3n) is 13.4. The summed E-state index contributed by atoms with van der Waals surface area (Å²) in [6.45, 7) is 17.2. The van der Waals surface area contributed by atoms with Gasteiger partial charge in [-0.1, -0.05) is 68.8 Å². The number of carbonyl (C=O) groups is 4. The fraction of sp³-hybridized carbons (Fsp3) is 0.400. The number of carbonyl (C=O) groups excluding carboxylic acids is 4. The Kier molecular flexibility index (Phi) is 16.0. The minimum atomic E-state index is -1.03. The molecule has 18 heteroatoms. The van der Waals surface area contributed by atoms with Crippen LogP contribution in [0.2, 0.25) is 5.02 Å². The SMILES string of the molecule is Cc1ccsc1-c1ccc(C(C)NC(=O)[C@@H]2C[C@@H](O)CN2C(=O)[C@@H](NC(=O)CCc2cc(F)cc(OC(C)CNC(=O)CC3N=C(c4ccc(Cl)cc4)c4c(sc(C)c4C)-n4c(C)nnc43)c2)C(C)(C)C)cc1. The van der Waals surface area contributed by atoms with Crippen molar-refractivity contribution in [3.05, 3.63) is 139 Å². The topological polar surface area (TPSA) is 180 Å². The van der Waals surface area contributed by atoms with E-state index >= 15 is 4.39 Å². The molecular weight excluding hydrogens is 987 g/mol. The number of nitrogens with zero attached hydrogens (tertiary/aromatic N) is 5. The zero-order chi connectivity index (χ0) is 52.5. The minimum absolute atomic E-state index is 0.0236. The molecule has 4 N–H and O–H groups in total. The Bertz CT molecular complexity index is 3050. The van der Waals surface area contributed by atoms with Crippen molar-refractivity contribution in [1.29, 1.82) is 0 Å². The van der Waals surface area contributed by atoms with Gasteiger partial charge in [0.05, 0.1) is 30.8 Å². The second kappa shape index (κ2) is 22.1. The predicted octanol–water partition coefficient (Wildman–Crippen LogP) is 9.25. The van der Waals surface area contributed by atoms with E-state index in [0.29, 0.717) is 22.2 Å². The number of hydrogen-bond acceptors (Lipinski definition) is 11. The predicted molar refractivity (Wildman–Crippen MR) is 284 cm³/mol. The number of β-amino-alcohol motifs (C(OH)–C–C–N with tert-alkyl or cyclic N) is 1. The first-order valence-corrected chi connectivity index (χ1v) is 26.5. The molecule has 1 saturated heterocycles. The van der Waals surface area contributed by atoms with Crippen molar-refractivity contribution >= 4 is 63.6 Å². The zero-order valence-corrected chi connectivity index (χ0v) is 44.9. The van der Waals surface area contributed by atoms with Crippen molar-refractivity contribution in [2.24, 2.45) is 10.4 Å². The fourth-order valence-corrected chi connectivity index (χ4v) is 11.6. The van der Waals surface area contributed by atoms with Crippen molar-refractivity contribution in [3.8, 4) is 21.2 Å². The van der Waals surface area contributed by atoms with Crippen molar-refractivity contribution in [2.45, 2.75) is 124 Å². The lowest BCUT2D eigenvalue weighted by atomic mass is 9.85. The van der Waals surface area contributed by atoms with E-state index < -0.39 is 59.3 Å². The van der Waals surface area contributed by atoms with Crippen molar-refractivity contribution < 1.29 is 33.4 Å². The Labute approximate surface area is 438 Å². The highest BCUT2D eigenvalue weighted by molar-refractivity contribution is 7.15. The number of amides is 4. The Morgan fingerprint density at radius 1 is 0.932 bits per heavy atom. The second-order valence-corrected chi connectivity index (χ2v) is 22.7. The Balaban J connectivity index is 0.862. The van der Waals surface area contributed by atoms with E-state index in [1.807, 2.05) is 87.7 Å². The summed E-state index contributed by atoms with van der Waals surface area (Å²) in [4.78, 5) is 64.2. The number of likely N-dealkylation sites (tertiary alicyclic amines) is 1. The van der Waals surface area contributed by atoms with Gasteiger partial charge < -0.3 is 30.7 Å². The van der Waals surface area contributed by atoms with Gasteiger partial charge in [-0.2, -0.15) is 0 Å². The maximum atomic E-state index is 15.1. The number of ether oxygens (including phenoxy) is 1. The molecule has 3 unspecified atom stereocenters. The molecule has 3 aromatic carbocycles. The largest absolute Gasteiger partial charge is 0.489 e. The minimum Gasteiger partial charge on any atom is -0.489 e. The lowest BCUT2D eigenvalue weighted by Gasteiger charge is -2.35. The standard InChI is InChI=1S/C55H62ClFN8O6S2/c1-29-20-21-72-49(29)38-13-11-36(12-14-38)32(4)59-52(69)44-25-41(66)28-64(44)53(70)50(55(7,8)9)61-45(67)19-10-35-22-40(57)24-42(23-35)71-30(2)27-58-46(68)26-43-51-63-62-34(6)65(51)54-47(31(3)33(5)73-54)48(60-43)37-15-17-39(56)18-16-37/h11-18,20-24,30,32,41,43-44,50,66H,10,19,25-28H2,1-9H3,(H,58,68)(H,59,69)(H,61,67)/t30?,32?,41-,43?,44+,50-/m1/s1. The van der Waals surface area contributed by atoms with Gasteiger partial charge in [0.15, 0.2) is 5.82 Å². The lowest BCUT2D eigenvalue weighted by Crippen LogP contribution is -2.57. The first kappa shape index (κ1) is 53.0. The smallest absolute Gasteiger partial charge is 0.246 e. The molecule has 0 radical (unpaired) electrons. The van der Waals surface area contributed by atoms with Crippen LogP contribution in [0, 0.1) is 38.9 Å². The number of aliphatic hydroxyl groups is 1. The summed E-state index contributed by atoms with van der Waals surface area (Å²) in [5, 5.41) is 32.1. The number of benzene rings is 3. The average Bonchev–Trinajstić information content (AvgIpc) is 4.11. The molecule has 2 aliphatic heterocycles. The third-order valence-corrected chi connectivity index (χ3v) is 15.9. The summed E-state index contributed by atoms with van der Waals surface area (Å²) in [5.74, 6) is -0.721. The van der Waals surface area contributed by atoms with Gasteiger partial charge >= 0.3 is 0 Å². The number of aliphatic imine (C=N–C) groups is 1. The van der Waals surface area contributed by atoms with Gasteiger partial charge in [0.1, 0.15) is 46.6 Å². The van der Waals surface area contributed by atoms with Gasteiger partial charge in [-0.25, -0.2) is 4.39 Å². The van der Waals surface area contributed by atoms with E-state index in [1.54, 1.807) is 35.7 Å². The first-order valence-electron chi connectivity index (χ1n) is 24.5. The van der Waals surface area contributed by atoms with Crippen molar-refractivity contribution in [1.82, 2.24) is 35.6 Å². The number of aryl methyl sites for hydroxylation is 4. The Hall–Kier alpha value is -6.27. The van der Waals surface area contributed by atoms with Crippen LogP contribution in [-0.2, 0) is 25.6 Å². The van der Waals surface area contributed by atoms with E-state index in [4.69, 9.17) is 21.3 Å². The number of fused-ring (bicyclic) bond motifs is 3. The van der Waals surface area contributed by atoms with Crippen LogP contribution in [0.3, 0.4) is 0 Å². The number of thiophene rings is 2. The monoisotopic (exact) mass is 1050 g/mol. The normalized spacial score (nSPS) is 17.7. The molecule has 4 amide bonds. The van der Waals surface area contributed by atoms with Crippen LogP contribution in [0.4, 0.5) is 4.39 Å². The van der Waals surface area contributed by atoms with Crippen molar-refractivity contribution in [2.75, 3.05) is 13.1 Å². The summed E-state index contributed by atoms with van der Waals surface area (Å²) in [6, 6.07) is 18.8. The molecule has 2 aliphatic rings. The van der Waals surface area contributed by atoms with Crippen LogP contribution in [-0.4, -0.2) is 91.5 Å². The molecule has 0 spiro atoms. The molecule has 73 heavy (non-hydrogen) atoms. The Morgan fingerprint density at radius 2 is 1.64 bits per heavy atom. The second-order valence-electron chi connectivity index (χ2n) is 20.2. The van der Waals surface area contributed by atoms with Gasteiger partial charge in [0, 0.05) is 51.4 Å². The zero-order valence-electron chi connectivity index (χ0n) is 42.5. The molecule has 3 aromatic heterocycles. The van der Waals surface area contributed by atoms with Gasteiger partial charge in [0.2, 0.25) is 23.6 Å². The van der Waals surface area contributed by atoms with Gasteiger partial charge in [-0.05, 0) is 117 Å². The third kappa shape index (κ3) is 12.1. The molecule has 6 atom stereocenters. The Morgan fingerprint density at radius 3 is 2.33 bits per heavy atom. The van der Waals surface area contributed by atoms with E-state index in [0.717, 1.165) is 43.4 Å². The lowest BCUT2D eigenvalue weighted by molar-refractivity contribution is -0.144. The van der Waals surface area contributed by atoms with Crippen LogP contribution in [0.5, 0.6) is 5.75 Å². The molecule has 8 rings (SSSR count). The summed E-state index contributed by atoms with van der Waals surface area (Å²) >= 11 is 9.56. The number of hydrogen-bond donors (Lipinski definition) is 4. The summed E-state index contributed by atoms with van der Waals surface area (Å²) in [5.41, 5.74) is 6.55. The van der Waals surface area contributed by atoms with E-state index in [1.165, 1.54) is 27.5 Å². The fourth-order valence-electron chi connectivity index (χ4n) is 9.34. The maximum absolute atomic E-state index is 15.1. The van der Waals surface area contributed by atoms with E-state index in [-0.39, 0.29) is 56.5 Å². The number of aromatic nitrogens is 3. The molecular formula is C55H62ClFN8O6S2. The van der Waals surface area contributed by atoms with E-state index in [9.17, 15) is 24.3 Å². The van der Waals surface area contributed by atoms with Crippen LogP contribution in [0.25, 0.3) is 15.4 Å². The van der Waals surface area contributed by atoms with Crippen LogP contribution >= 0.6 is 34.3 Å². The highest BCUT2D eigenvalue weighted by atomic mass is 35.5. The van der Waals surface area contributed by atoms with Gasteiger partial charge in [-0.3, -0.25) is 28.7 Å². The highest BCUT2D eigenvalue weighted by Gasteiger charge is 2.45. The highest BCUT2D eigenvalue weighted by Crippen LogP contribution is 2.40. The molecule has 5 heterocycles. The van der Waals surface area contributed by atoms with Crippen molar-refractivity contribution in [3.63, 3.8) is 0 Å². The number of halogens is 2. The van der Waals surface area contributed by atoms with E-state index in [2.05, 4.69) is 58.4 Å². The number of rotatable bonds is 16. The average molecular weight is 1050 g/mol. The van der Waals surface area contributed by atoms with Gasteiger partial charge in [0.25, 0.3) is 0 Å². The molecule has 0 bridgehead atoms. The van der Waals surface area contributed by atoms with Crippen LogP contribution in [0.1, 0.15) is 116 Å². The van der Waals surface area contributed by atoms with Crippen LogP contribution < -0.4 is 20.7 Å². The summed E-state index contributed by atoms with van der Waals surface area (Å²) in [6.07, 6.45) is -1.40. The van der Waals surface area contributed by atoms with Gasteiger partial charge in [-0.15, -0.1) is 32.9 Å². The summed E-state index contributed by atoms with van der Waals surface area (Å²) < 4.78 is 23.2.